The average molecular weight is 2140 g/mol. The number of aliphatic hydroxyl groups is 2. The maximum Gasteiger partial charge on any atom is 0.440 e. The first-order chi connectivity index (χ1) is 70.2. The van der Waals surface area contributed by atoms with Crippen molar-refractivity contribution < 1.29 is 80.7 Å². The number of ketones is 2. The van der Waals surface area contributed by atoms with Crippen LogP contribution in [-0.4, -0.2) is 452 Å². The molecule has 0 saturated carbocycles. The van der Waals surface area contributed by atoms with Crippen molar-refractivity contribution in [1.82, 2.24) is 181 Å². The number of nitrogens with one attached hydrogen (secondary N) is 19. The molecule has 1 saturated heterocycles. The van der Waals surface area contributed by atoms with E-state index in [1.807, 2.05) is 112 Å². The highest BCUT2D eigenvalue weighted by Gasteiger charge is 2.35. The van der Waals surface area contributed by atoms with Gasteiger partial charge in [0.05, 0.1) is 12.2 Å². The lowest BCUT2D eigenvalue weighted by molar-refractivity contribution is -0.125. The number of aromatic amines is 5. The summed E-state index contributed by atoms with van der Waals surface area (Å²) in [7, 11) is 34.7. The Morgan fingerprint density at radius 3 is 1.46 bits per heavy atom. The summed E-state index contributed by atoms with van der Waals surface area (Å²) in [6, 6.07) is -0.381. The fraction of sp³-hybridized carbons (Fsp3) is 0.622. The highest BCUT2D eigenvalue weighted by atomic mass is 32.2. The zero-order valence-corrected chi connectivity index (χ0v) is 89.0. The number of likely N-dealkylation sites (N-methyl/N-ethyl adjacent to an activating group) is 3. The predicted molar refractivity (Wildman–Crippen MR) is 553 cm³/mol. The Bertz CT molecular complexity index is 5360. The molecule has 1 aromatic carbocycles. The Morgan fingerprint density at radius 1 is 0.510 bits per heavy atom. The lowest BCUT2D eigenvalue weighted by atomic mass is 10.1. The third-order valence-electron chi connectivity index (χ3n) is 20.2. The number of urea groups is 2. The van der Waals surface area contributed by atoms with Gasteiger partial charge in [0, 0.05) is 147 Å². The molecule has 0 radical (unpaired) electrons. The van der Waals surface area contributed by atoms with Gasteiger partial charge in [0.15, 0.2) is 34.6 Å². The molecule has 62 nitrogen and oxygen atoms in total. The minimum Gasteiger partial charge on any atom is -0.504 e. The first kappa shape index (κ1) is 129. The molecule has 2 atom stereocenters. The van der Waals surface area contributed by atoms with Gasteiger partial charge >= 0.3 is 33.9 Å². The number of rotatable bonds is 50. The number of Topliss-reactive ketones (excluding diaryl/α,β-unsaturated/α-hetero) is 1. The number of nitrogens with zero attached hydrogens (tertiary/aromatic N) is 22. The number of thioether (sulfide) groups is 1. The number of hydroxylamine groups is 1. The summed E-state index contributed by atoms with van der Waals surface area (Å²) in [6.07, 6.45) is 14.4. The molecule has 0 spiro atoms. The third kappa shape index (κ3) is 51.7. The van der Waals surface area contributed by atoms with Gasteiger partial charge in [-0.05, 0) is 228 Å². The number of anilines is 5. The number of H-pyrrole nitrogens is 5. The smallest absolute Gasteiger partial charge is 0.440 e. The van der Waals surface area contributed by atoms with E-state index in [1.165, 1.54) is 12.3 Å². The van der Waals surface area contributed by atoms with E-state index >= 15 is 0 Å². The molecule has 6 aromatic heterocycles. The molecule has 147 heavy (non-hydrogen) atoms. The fourth-order valence-corrected chi connectivity index (χ4v) is 13.5. The number of guanidine groups is 1. The van der Waals surface area contributed by atoms with Crippen LogP contribution in [-0.2, 0) is 52.5 Å². The zero-order valence-electron chi connectivity index (χ0n) is 86.6. The molecule has 9 heterocycles. The molecule has 2 unspecified atom stereocenters. The third-order valence-corrected chi connectivity index (χ3v) is 22.0. The second-order valence-corrected chi connectivity index (χ2v) is 34.1. The number of aryl methyl sites for hydroxylation is 1. The molecule has 824 valence electrons. The van der Waals surface area contributed by atoms with E-state index in [0.29, 0.717) is 80.9 Å². The van der Waals surface area contributed by atoms with Gasteiger partial charge in [-0.15, -0.1) is 29.9 Å². The lowest BCUT2D eigenvalue weighted by Crippen LogP contribution is -2.38. The molecule has 1 fully saturated rings. The van der Waals surface area contributed by atoms with Crippen molar-refractivity contribution in [3.05, 3.63) is 105 Å². The molecule has 23 N–H and O–H groups in total. The Hall–Kier alpha value is -13.7. The monoisotopic (exact) mass is 2140 g/mol. The SMILES string of the molecule is CN(CCCc1nn[nH]n1)c1noc(=O)[nH]1.CNCCCN(C)C(=O)NCc1nn[nH]n1.CNCCCN(C)C(=O)Nc1nn[nH]n1.CNCCCN(C)C1=C(O)C(=O)NC1=O.CNCCCN(C)C1=CC(=O)C=C(O)C1=O.CNCCCN(C)C1=NS(=O)ON1.CNCCCN(C)C1SC(=O)NC1=O.CNCCCN(C)c1c(O)c(=O)c1=O.CNCCCN(C)c1cocc(O)c1=O.CNCCCN(C)c1nc(=S)o[nH]1. The predicted octanol–water partition coefficient (Wildman–Crippen LogP) is -4.84. The topological polar surface area (TPSA) is 785 Å². The van der Waals surface area contributed by atoms with Crippen LogP contribution in [0.25, 0.3) is 0 Å². The minimum atomic E-state index is -1.56. The molecule has 4 aliphatic rings. The quantitative estimate of drug-likeness (QED) is 0.00559. The number of carbonyl (C=O) groups is 8. The summed E-state index contributed by atoms with van der Waals surface area (Å²) in [4.78, 5) is 158. The summed E-state index contributed by atoms with van der Waals surface area (Å²) in [6.45, 7) is 15.5. The largest absolute Gasteiger partial charge is 0.504 e. The van der Waals surface area contributed by atoms with Crippen LogP contribution in [0.2, 0.25) is 0 Å². The molecular weight excluding hydrogens is 1990 g/mol. The van der Waals surface area contributed by atoms with Crippen LogP contribution in [0, 0.1) is 4.84 Å². The Kier molecular flexibility index (Phi) is 66.0. The number of amides is 8. The number of imide groups is 2. The van der Waals surface area contributed by atoms with Crippen molar-refractivity contribution in [2.75, 3.05) is 283 Å². The number of aliphatic hydroxyl groups excluding tert-OH is 2. The average Bonchev–Trinajstić information content (AvgIpc) is 1.35. The van der Waals surface area contributed by atoms with E-state index < -0.39 is 68.2 Å². The molecule has 65 heteroatoms. The van der Waals surface area contributed by atoms with Crippen LogP contribution >= 0.6 is 24.0 Å². The number of tetrazole rings is 3. The van der Waals surface area contributed by atoms with Crippen molar-refractivity contribution in [2.24, 2.45) is 4.40 Å². The first-order valence-corrected chi connectivity index (χ1v) is 48.6. The molecule has 11 rings (SSSR count). The van der Waals surface area contributed by atoms with Gasteiger partial charge in [-0.3, -0.25) is 73.5 Å². The maximum absolute atomic E-state index is 11.5. The van der Waals surface area contributed by atoms with Crippen LogP contribution in [0.1, 0.15) is 75.9 Å². The van der Waals surface area contributed by atoms with Crippen LogP contribution < -0.4 is 116 Å². The summed E-state index contributed by atoms with van der Waals surface area (Å²) in [5.41, 5.74) is 1.56. The van der Waals surface area contributed by atoms with Crippen molar-refractivity contribution in [2.45, 2.75) is 82.5 Å². The van der Waals surface area contributed by atoms with Crippen molar-refractivity contribution >= 4 is 117 Å². The number of hydrogen-bond donors (Lipinski definition) is 23. The lowest BCUT2D eigenvalue weighted by Gasteiger charge is -2.22. The van der Waals surface area contributed by atoms with E-state index in [9.17, 15) is 77.1 Å². The molecule has 1 aliphatic carbocycles. The molecule has 3 aliphatic heterocycles. The normalized spacial score (nSPS) is 13.5. The number of carbonyl (C=O) groups excluding carboxylic acids is 8. The Labute approximate surface area is 861 Å². The zero-order chi connectivity index (χ0) is 110. The van der Waals surface area contributed by atoms with E-state index in [4.69, 9.17) is 26.3 Å². The van der Waals surface area contributed by atoms with Crippen molar-refractivity contribution in [3.8, 4) is 11.5 Å². The molecular formula is C82H147N41O21S3. The Balaban J connectivity index is 0.000000552. The van der Waals surface area contributed by atoms with E-state index in [2.05, 4.69) is 165 Å². The number of aromatic hydroxyl groups is 2. The second kappa shape index (κ2) is 75.0. The summed E-state index contributed by atoms with van der Waals surface area (Å²) in [5, 5.41) is 119. The number of hydrogen-bond acceptors (Lipinski definition) is 52. The molecule has 7 aromatic rings. The van der Waals surface area contributed by atoms with Crippen LogP contribution in [0.15, 0.2) is 84.6 Å². The number of aromatic nitrogens is 16. The van der Waals surface area contributed by atoms with Gasteiger partial charge in [0.25, 0.3) is 39.8 Å². The van der Waals surface area contributed by atoms with Crippen LogP contribution in [0.5, 0.6) is 11.5 Å². The van der Waals surface area contributed by atoms with Gasteiger partial charge in [-0.1, -0.05) is 15.5 Å². The van der Waals surface area contributed by atoms with E-state index in [1.54, 1.807) is 76.6 Å². The first-order valence-electron chi connectivity index (χ1n) is 46.3. The highest BCUT2D eigenvalue weighted by molar-refractivity contribution is 8.15. The molecule has 8 amide bonds. The van der Waals surface area contributed by atoms with Crippen molar-refractivity contribution in [3.63, 3.8) is 0 Å². The van der Waals surface area contributed by atoms with Gasteiger partial charge in [-0.25, -0.2) is 24.1 Å². The standard InChI is InChI=1S/C11H16N2O3.C10H16N2O3.C9H15N3O3.C9H14N2O3.C8H17N7O.C8H15N3O2S.C7H11N7O2.C7H15N7O.C7H14N4OS.C6H14N4O2S/c1-12-4-3-5-13(2)9-6-8(14)7-10(15)11(9)16;1-11-4-3-5-12(2)8-6-15-7-9(13)10(8)14;1-10-4-3-5-12(2)6-7(13)9(15)11-8(6)14;1-10-4-3-5-11(2)6-7(12)9(14)8(6)13;1-9-4-3-5-15(2)8(16)10-6-7-11-13-14-12-7;1-9-4-3-5-11(2)7-6(12)10-8(13)14-7;1-14(6-8-7(15)16-11-6)4-2-3-5-9-12-13-10-5;1-8-4-3-5-14(2)7(15)9-6-10-12-13-11-6;1-8-4-3-5-11(2)6-9-7(13)12-10-6;1-7-4-3-5-10(2)6-8-12-13(11)9-6/h6-7,12,15H,3-5H2,1-2H3;6-7,11,13H,3-5H2,1-2H3;10H,3-5H2,1-2H3,(H2,11,13,14,15);10,12H,3-5H2,1-2H3;9H,3-6H2,1-2H3,(H,10,16)(H,11,12,13,14);7,9H,3-5H2,1-2H3,(H,10,12,13);2-4H2,1H3,(H,8,11,15)(H,9,10,12,13);8H,3-5H2,1-2H3,(H2,9,10,11,12,13,15);8H,3-5H2,1-2H3,(H,9,10,13);7H,3-5H2,1-2H3,(H,8,9). The fourth-order valence-electron chi connectivity index (χ4n) is 12.0. The highest BCUT2D eigenvalue weighted by Crippen LogP contribution is 2.23. The summed E-state index contributed by atoms with van der Waals surface area (Å²) >= 11 is 4.22. The van der Waals surface area contributed by atoms with Gasteiger partial charge in [0.1, 0.15) is 29.3 Å². The molecule has 0 bridgehead atoms. The summed E-state index contributed by atoms with van der Waals surface area (Å²) in [5.74, 6) is -1.66. The van der Waals surface area contributed by atoms with Crippen molar-refractivity contribution in [1.29, 1.82) is 0 Å². The maximum atomic E-state index is 11.5. The summed E-state index contributed by atoms with van der Waals surface area (Å²) < 4.78 is 33.0. The number of allylic oxidation sites excluding steroid dienone is 2. The van der Waals surface area contributed by atoms with Gasteiger partial charge in [-0.2, -0.15) is 30.1 Å². The van der Waals surface area contributed by atoms with E-state index in [0.717, 1.165) is 173 Å². The van der Waals surface area contributed by atoms with Crippen LogP contribution in [0.4, 0.5) is 43.6 Å². The van der Waals surface area contributed by atoms with Gasteiger partial charge in [0.2, 0.25) is 40.6 Å². The van der Waals surface area contributed by atoms with Gasteiger partial charge < -0.3 is 127 Å². The minimum absolute atomic E-state index is 0.0519. The van der Waals surface area contributed by atoms with Crippen LogP contribution in [0.3, 0.4) is 0 Å². The Morgan fingerprint density at radius 2 is 0.993 bits per heavy atom. The second-order valence-electron chi connectivity index (χ2n) is 32.0. The van der Waals surface area contributed by atoms with E-state index in [-0.39, 0.29) is 74.5 Å².